The van der Waals surface area contributed by atoms with Crippen molar-refractivity contribution in [1.82, 2.24) is 4.72 Å². The number of rotatable bonds is 6. The molecule has 0 aromatic heterocycles. The highest BCUT2D eigenvalue weighted by Crippen LogP contribution is 2.13. The van der Waals surface area contributed by atoms with Crippen LogP contribution in [0.15, 0.2) is 59.5 Å². The molecule has 2 rings (SSSR count). The molecule has 0 aliphatic heterocycles. The molecule has 0 unspecified atom stereocenters. The second kappa shape index (κ2) is 6.74. The van der Waals surface area contributed by atoms with Gasteiger partial charge in [-0.15, -0.1) is 0 Å². The average molecular weight is 312 g/mol. The molecule has 0 atom stereocenters. The van der Waals surface area contributed by atoms with Crippen LogP contribution in [-0.4, -0.2) is 21.6 Å². The largest absolute Gasteiger partial charge is 0.492 e. The van der Waals surface area contributed by atoms with E-state index in [4.69, 9.17) is 16.3 Å². The van der Waals surface area contributed by atoms with Gasteiger partial charge in [0.15, 0.2) is 0 Å². The number of halogens is 1. The molecule has 0 fully saturated rings. The molecule has 0 spiro atoms. The molecule has 2 aromatic rings. The van der Waals surface area contributed by atoms with Gasteiger partial charge in [-0.25, -0.2) is 13.1 Å². The summed E-state index contributed by atoms with van der Waals surface area (Å²) in [6.07, 6.45) is 0. The van der Waals surface area contributed by atoms with Gasteiger partial charge in [0.2, 0.25) is 10.0 Å². The van der Waals surface area contributed by atoms with Crippen LogP contribution in [0.3, 0.4) is 0 Å². The van der Waals surface area contributed by atoms with Gasteiger partial charge in [-0.3, -0.25) is 0 Å². The van der Waals surface area contributed by atoms with E-state index < -0.39 is 10.0 Å². The molecule has 20 heavy (non-hydrogen) atoms. The molecular formula is C14H14ClNO3S. The number of hydrogen-bond donors (Lipinski definition) is 1. The molecule has 0 bridgehead atoms. The Morgan fingerprint density at radius 1 is 1.00 bits per heavy atom. The fraction of sp³-hybridized carbons (Fsp3) is 0.143. The lowest BCUT2D eigenvalue weighted by Crippen LogP contribution is -2.28. The Kier molecular flexibility index (Phi) is 5.00. The van der Waals surface area contributed by atoms with Crippen LogP contribution >= 0.6 is 11.6 Å². The van der Waals surface area contributed by atoms with E-state index in [0.29, 0.717) is 10.8 Å². The number of nitrogens with one attached hydrogen (secondary N) is 1. The summed E-state index contributed by atoms with van der Waals surface area (Å²) in [5, 5.41) is 0.497. The van der Waals surface area contributed by atoms with Crippen LogP contribution in [-0.2, 0) is 10.0 Å². The van der Waals surface area contributed by atoms with Gasteiger partial charge in [0.25, 0.3) is 0 Å². The van der Waals surface area contributed by atoms with E-state index >= 15 is 0 Å². The van der Waals surface area contributed by atoms with Crippen LogP contribution in [0.4, 0.5) is 0 Å². The summed E-state index contributed by atoms with van der Waals surface area (Å²) in [7, 11) is -3.52. The third-order valence-electron chi connectivity index (χ3n) is 2.53. The number of benzene rings is 2. The zero-order valence-corrected chi connectivity index (χ0v) is 12.2. The molecule has 0 aliphatic rings. The van der Waals surface area contributed by atoms with Crippen molar-refractivity contribution < 1.29 is 13.2 Å². The van der Waals surface area contributed by atoms with E-state index in [0.717, 1.165) is 0 Å². The molecule has 106 valence electrons. The number of sulfonamides is 1. The minimum Gasteiger partial charge on any atom is -0.492 e. The molecule has 0 heterocycles. The highest BCUT2D eigenvalue weighted by Gasteiger charge is 2.12. The van der Waals surface area contributed by atoms with Gasteiger partial charge in [0.05, 0.1) is 4.90 Å². The zero-order valence-electron chi connectivity index (χ0n) is 10.6. The third-order valence-corrected chi connectivity index (χ3v) is 4.26. The minimum atomic E-state index is -3.52. The first kappa shape index (κ1) is 14.8. The lowest BCUT2D eigenvalue weighted by atomic mass is 10.3. The molecule has 2 aromatic carbocycles. The zero-order chi connectivity index (χ0) is 14.4. The maximum absolute atomic E-state index is 11.9. The molecule has 0 amide bonds. The molecular weight excluding hydrogens is 298 g/mol. The fourth-order valence-electron chi connectivity index (χ4n) is 1.56. The summed E-state index contributed by atoms with van der Waals surface area (Å²) >= 11 is 5.72. The van der Waals surface area contributed by atoms with Crippen molar-refractivity contribution in [3.05, 3.63) is 59.6 Å². The molecule has 4 nitrogen and oxygen atoms in total. The van der Waals surface area contributed by atoms with Gasteiger partial charge in [-0.2, -0.15) is 0 Å². The van der Waals surface area contributed by atoms with E-state index in [1.54, 1.807) is 0 Å². The van der Waals surface area contributed by atoms with E-state index in [1.807, 2.05) is 30.3 Å². The summed E-state index contributed by atoms with van der Waals surface area (Å²) < 4.78 is 31.8. The van der Waals surface area contributed by atoms with E-state index in [9.17, 15) is 8.42 Å². The predicted octanol–water partition coefficient (Wildman–Crippen LogP) is 2.70. The van der Waals surface area contributed by atoms with E-state index in [1.165, 1.54) is 24.3 Å². The number of para-hydroxylation sites is 1. The maximum Gasteiger partial charge on any atom is 0.240 e. The van der Waals surface area contributed by atoms with Gasteiger partial charge >= 0.3 is 0 Å². The Hall–Kier alpha value is -1.56. The summed E-state index contributed by atoms with van der Waals surface area (Å²) in [6.45, 7) is 0.455. The lowest BCUT2D eigenvalue weighted by molar-refractivity contribution is 0.323. The van der Waals surface area contributed by atoms with Crippen LogP contribution < -0.4 is 9.46 Å². The van der Waals surface area contributed by atoms with Crippen molar-refractivity contribution in [2.45, 2.75) is 4.90 Å². The highest BCUT2D eigenvalue weighted by atomic mass is 35.5. The van der Waals surface area contributed by atoms with E-state index in [-0.39, 0.29) is 18.0 Å². The molecule has 0 aliphatic carbocycles. The van der Waals surface area contributed by atoms with Gasteiger partial charge in [0.1, 0.15) is 12.4 Å². The molecule has 0 saturated heterocycles. The summed E-state index contributed by atoms with van der Waals surface area (Å²) in [6, 6.07) is 15.2. The van der Waals surface area contributed by atoms with Crippen LogP contribution in [0.1, 0.15) is 0 Å². The summed E-state index contributed by atoms with van der Waals surface area (Å²) in [5.74, 6) is 0.707. The van der Waals surface area contributed by atoms with Crippen molar-refractivity contribution in [3.63, 3.8) is 0 Å². The first-order valence-corrected chi connectivity index (χ1v) is 7.87. The molecule has 6 heteroatoms. The van der Waals surface area contributed by atoms with Crippen molar-refractivity contribution in [3.8, 4) is 5.75 Å². The average Bonchev–Trinajstić information content (AvgIpc) is 2.45. The van der Waals surface area contributed by atoms with Crippen LogP contribution in [0.2, 0.25) is 5.02 Å². The van der Waals surface area contributed by atoms with Crippen LogP contribution in [0, 0.1) is 0 Å². The Bertz CT molecular complexity index is 642. The third kappa shape index (κ3) is 4.23. The summed E-state index contributed by atoms with van der Waals surface area (Å²) in [4.78, 5) is 0.182. The van der Waals surface area contributed by atoms with Crippen molar-refractivity contribution in [1.29, 1.82) is 0 Å². The fourth-order valence-corrected chi connectivity index (χ4v) is 2.70. The molecule has 0 saturated carbocycles. The van der Waals surface area contributed by atoms with Crippen LogP contribution in [0.25, 0.3) is 0 Å². The standard InChI is InChI=1S/C14H14ClNO3S/c15-12-6-8-14(9-7-12)20(17,18)16-10-11-19-13-4-2-1-3-5-13/h1-9,16H,10-11H2. The summed E-state index contributed by atoms with van der Waals surface area (Å²) in [5.41, 5.74) is 0. The SMILES string of the molecule is O=S(=O)(NCCOc1ccccc1)c1ccc(Cl)cc1. The topological polar surface area (TPSA) is 55.4 Å². The molecule has 1 N–H and O–H groups in total. The molecule has 0 radical (unpaired) electrons. The number of hydrogen-bond acceptors (Lipinski definition) is 3. The first-order chi connectivity index (χ1) is 9.58. The monoisotopic (exact) mass is 311 g/mol. The highest BCUT2D eigenvalue weighted by molar-refractivity contribution is 7.89. The number of ether oxygens (including phenoxy) is 1. The van der Waals surface area contributed by atoms with Gasteiger partial charge in [0, 0.05) is 11.6 Å². The minimum absolute atomic E-state index is 0.182. The first-order valence-electron chi connectivity index (χ1n) is 6.01. The predicted molar refractivity (Wildman–Crippen MR) is 78.6 cm³/mol. The second-order valence-corrected chi connectivity index (χ2v) is 6.22. The lowest BCUT2D eigenvalue weighted by Gasteiger charge is -2.08. The van der Waals surface area contributed by atoms with E-state index in [2.05, 4.69) is 4.72 Å². The van der Waals surface area contributed by atoms with Crippen molar-refractivity contribution in [2.24, 2.45) is 0 Å². The second-order valence-electron chi connectivity index (χ2n) is 4.01. The van der Waals surface area contributed by atoms with Crippen molar-refractivity contribution >= 4 is 21.6 Å². The Morgan fingerprint density at radius 2 is 1.65 bits per heavy atom. The Labute approximate surface area is 123 Å². The maximum atomic E-state index is 11.9. The van der Waals surface area contributed by atoms with Crippen LogP contribution in [0.5, 0.6) is 5.75 Å². The van der Waals surface area contributed by atoms with Gasteiger partial charge in [-0.05, 0) is 36.4 Å². The Balaban J connectivity index is 1.85. The Morgan fingerprint density at radius 3 is 2.30 bits per heavy atom. The van der Waals surface area contributed by atoms with Gasteiger partial charge < -0.3 is 4.74 Å². The quantitative estimate of drug-likeness (QED) is 0.835. The normalized spacial score (nSPS) is 11.2. The smallest absolute Gasteiger partial charge is 0.240 e. The van der Waals surface area contributed by atoms with Gasteiger partial charge in [-0.1, -0.05) is 29.8 Å². The van der Waals surface area contributed by atoms with Crippen molar-refractivity contribution in [2.75, 3.05) is 13.2 Å².